The molecule has 2 fully saturated rings. The van der Waals surface area contributed by atoms with Crippen molar-refractivity contribution in [3.63, 3.8) is 0 Å². The van der Waals surface area contributed by atoms with Crippen molar-refractivity contribution in [2.45, 2.75) is 31.1 Å². The monoisotopic (exact) mass is 464 g/mol. The van der Waals surface area contributed by atoms with Gasteiger partial charge in [0.1, 0.15) is 17.9 Å². The lowest BCUT2D eigenvalue weighted by atomic mass is 9.64. The number of carbonyl (C=O) groups excluding carboxylic acids is 3. The highest BCUT2D eigenvalue weighted by molar-refractivity contribution is 6.10. The van der Waals surface area contributed by atoms with Crippen LogP contribution in [0.5, 0.6) is 0 Å². The Morgan fingerprint density at radius 3 is 2.27 bits per heavy atom. The first kappa shape index (κ1) is 22.6. The summed E-state index contributed by atoms with van der Waals surface area (Å²) in [4.78, 5) is 40.5. The zero-order valence-electron chi connectivity index (χ0n) is 17.2. The molecule has 33 heavy (non-hydrogen) atoms. The van der Waals surface area contributed by atoms with Gasteiger partial charge >= 0.3 is 6.18 Å². The van der Waals surface area contributed by atoms with Gasteiger partial charge in [-0.25, -0.2) is 4.39 Å². The Kier molecular flexibility index (Phi) is 5.30. The molecule has 0 atom stereocenters. The second-order valence-electron chi connectivity index (χ2n) is 8.32. The number of nitrogens with two attached hydrogens (primary N) is 2. The number of nitrogen functional groups attached to an aromatic ring is 1. The fourth-order valence-corrected chi connectivity index (χ4v) is 4.41. The molecule has 1 saturated heterocycles. The van der Waals surface area contributed by atoms with Crippen LogP contribution in [-0.2, 0) is 27.1 Å². The molecule has 1 saturated carbocycles. The van der Waals surface area contributed by atoms with E-state index in [0.717, 1.165) is 23.1 Å². The summed E-state index contributed by atoms with van der Waals surface area (Å²) in [5, 5.41) is 0. The number of halogens is 4. The lowest BCUT2D eigenvalue weighted by Gasteiger charge is -2.56. The van der Waals surface area contributed by atoms with E-state index in [2.05, 4.69) is 0 Å². The van der Waals surface area contributed by atoms with Crippen LogP contribution in [0.25, 0.3) is 0 Å². The third-order valence-electron chi connectivity index (χ3n) is 6.21. The van der Waals surface area contributed by atoms with E-state index in [9.17, 15) is 31.9 Å². The van der Waals surface area contributed by atoms with Crippen molar-refractivity contribution in [1.29, 1.82) is 0 Å². The Labute approximate surface area is 185 Å². The quantitative estimate of drug-likeness (QED) is 0.535. The van der Waals surface area contributed by atoms with Crippen molar-refractivity contribution in [3.05, 3.63) is 59.4 Å². The summed E-state index contributed by atoms with van der Waals surface area (Å²) in [6, 6.07) is 7.95. The van der Waals surface area contributed by atoms with Gasteiger partial charge in [-0.15, -0.1) is 0 Å². The van der Waals surface area contributed by atoms with E-state index in [1.165, 1.54) is 29.2 Å². The molecular formula is C22H20F4N4O3. The number of piperazine rings is 1. The number of primary amides is 1. The van der Waals surface area contributed by atoms with Gasteiger partial charge in [-0.2, -0.15) is 13.2 Å². The molecule has 3 amide bonds. The largest absolute Gasteiger partial charge is 0.416 e. The van der Waals surface area contributed by atoms with Crippen LogP contribution in [-0.4, -0.2) is 34.7 Å². The smallest absolute Gasteiger partial charge is 0.399 e. The second-order valence-corrected chi connectivity index (χ2v) is 8.32. The Morgan fingerprint density at radius 2 is 1.73 bits per heavy atom. The first-order valence-electron chi connectivity index (χ1n) is 10.1. The van der Waals surface area contributed by atoms with E-state index in [1.807, 2.05) is 0 Å². The Hall–Kier alpha value is -3.63. The van der Waals surface area contributed by atoms with Crippen LogP contribution in [0.1, 0.15) is 24.0 Å². The maximum atomic E-state index is 14.5. The van der Waals surface area contributed by atoms with Crippen molar-refractivity contribution in [2.24, 2.45) is 11.7 Å². The molecule has 174 valence electrons. The average molecular weight is 464 g/mol. The first-order chi connectivity index (χ1) is 15.4. The van der Waals surface area contributed by atoms with Crippen LogP contribution in [0.3, 0.4) is 0 Å². The molecule has 1 heterocycles. The summed E-state index contributed by atoms with van der Waals surface area (Å²) in [5.74, 6) is -3.20. The molecule has 0 aromatic heterocycles. The summed E-state index contributed by atoms with van der Waals surface area (Å²) in [7, 11) is 0. The Balaban J connectivity index is 1.67. The number of carbonyl (C=O) groups is 3. The summed E-state index contributed by atoms with van der Waals surface area (Å²) in [5.41, 5.74) is 9.02. The fourth-order valence-electron chi connectivity index (χ4n) is 4.41. The normalized spacial score (nSPS) is 23.1. The molecule has 0 radical (unpaired) electrons. The molecule has 0 unspecified atom stereocenters. The number of alkyl halides is 3. The molecule has 11 heteroatoms. The molecule has 2 aromatic rings. The summed E-state index contributed by atoms with van der Waals surface area (Å²) in [6.45, 7) is -0.616. The highest BCUT2D eigenvalue weighted by Gasteiger charge is 2.61. The van der Waals surface area contributed by atoms with E-state index in [1.54, 1.807) is 0 Å². The SMILES string of the molecule is NC(=O)C1CC2(C1)C(=O)N(c1ccc(N)cc1F)CC(=O)N2Cc1ccc(C(F)(F)F)cc1. The second kappa shape index (κ2) is 7.75. The third-order valence-corrected chi connectivity index (χ3v) is 6.21. The topological polar surface area (TPSA) is 110 Å². The van der Waals surface area contributed by atoms with Gasteiger partial charge in [0.05, 0.1) is 11.3 Å². The van der Waals surface area contributed by atoms with Crippen molar-refractivity contribution in [1.82, 2.24) is 4.90 Å². The van der Waals surface area contributed by atoms with Gasteiger partial charge in [0.25, 0.3) is 5.91 Å². The zero-order chi connectivity index (χ0) is 24.1. The zero-order valence-corrected chi connectivity index (χ0v) is 17.2. The number of benzene rings is 2. The van der Waals surface area contributed by atoms with Crippen LogP contribution >= 0.6 is 0 Å². The molecule has 4 rings (SSSR count). The maximum absolute atomic E-state index is 14.5. The molecule has 2 aromatic carbocycles. The van der Waals surface area contributed by atoms with Crippen molar-refractivity contribution < 1.29 is 31.9 Å². The highest BCUT2D eigenvalue weighted by Crippen LogP contribution is 2.47. The lowest BCUT2D eigenvalue weighted by Crippen LogP contribution is -2.73. The van der Waals surface area contributed by atoms with E-state index in [0.29, 0.717) is 5.56 Å². The molecule has 4 N–H and O–H groups in total. The summed E-state index contributed by atoms with van der Waals surface area (Å²) >= 11 is 0. The van der Waals surface area contributed by atoms with Gasteiger partial charge in [0, 0.05) is 18.2 Å². The number of hydrogen-bond donors (Lipinski definition) is 2. The molecule has 1 spiro atoms. The van der Waals surface area contributed by atoms with Crippen LogP contribution in [0.2, 0.25) is 0 Å². The lowest BCUT2D eigenvalue weighted by molar-refractivity contribution is -0.164. The van der Waals surface area contributed by atoms with Gasteiger partial charge in [0.15, 0.2) is 0 Å². The molecule has 1 aliphatic carbocycles. The fraction of sp³-hybridized carbons (Fsp3) is 0.318. The number of hydrogen-bond acceptors (Lipinski definition) is 4. The van der Waals surface area contributed by atoms with Crippen LogP contribution in [0, 0.1) is 11.7 Å². The number of amides is 3. The van der Waals surface area contributed by atoms with Crippen LogP contribution in [0.4, 0.5) is 28.9 Å². The van der Waals surface area contributed by atoms with Crippen molar-refractivity contribution >= 4 is 29.1 Å². The number of nitrogens with zero attached hydrogens (tertiary/aromatic N) is 2. The minimum Gasteiger partial charge on any atom is -0.399 e. The molecule has 7 nitrogen and oxygen atoms in total. The van der Waals surface area contributed by atoms with E-state index >= 15 is 0 Å². The number of rotatable bonds is 4. The van der Waals surface area contributed by atoms with E-state index in [4.69, 9.17) is 11.5 Å². The predicted octanol–water partition coefficient (Wildman–Crippen LogP) is 2.44. The summed E-state index contributed by atoms with van der Waals surface area (Å²) < 4.78 is 53.1. The van der Waals surface area contributed by atoms with Crippen molar-refractivity contribution in [3.8, 4) is 0 Å². The van der Waals surface area contributed by atoms with Crippen LogP contribution in [0.15, 0.2) is 42.5 Å². The van der Waals surface area contributed by atoms with Crippen LogP contribution < -0.4 is 16.4 Å². The first-order valence-corrected chi connectivity index (χ1v) is 10.1. The van der Waals surface area contributed by atoms with E-state index < -0.39 is 53.3 Å². The highest BCUT2D eigenvalue weighted by atomic mass is 19.4. The molecule has 0 bridgehead atoms. The van der Waals surface area contributed by atoms with Gasteiger partial charge < -0.3 is 16.4 Å². The average Bonchev–Trinajstić information content (AvgIpc) is 2.69. The molecular weight excluding hydrogens is 444 g/mol. The Bertz CT molecular complexity index is 1130. The maximum Gasteiger partial charge on any atom is 0.416 e. The Morgan fingerprint density at radius 1 is 1.09 bits per heavy atom. The van der Waals surface area contributed by atoms with Gasteiger partial charge in [-0.1, -0.05) is 12.1 Å². The summed E-state index contributed by atoms with van der Waals surface area (Å²) in [6.07, 6.45) is -4.62. The number of anilines is 2. The minimum absolute atomic E-state index is 0.0549. The van der Waals surface area contributed by atoms with Gasteiger partial charge in [-0.3, -0.25) is 19.3 Å². The standard InChI is InChI=1S/C22H20F4N4O3/c23-16-7-15(27)5-6-17(16)29-11-18(31)30(21(20(29)33)8-13(9-21)19(28)32)10-12-1-3-14(4-2-12)22(24,25)26/h1-7,13H,8-11,27H2,(H2,28,32). The van der Waals surface area contributed by atoms with Crippen molar-refractivity contribution in [2.75, 3.05) is 17.2 Å². The minimum atomic E-state index is -4.51. The predicted molar refractivity (Wildman–Crippen MR) is 110 cm³/mol. The van der Waals surface area contributed by atoms with Gasteiger partial charge in [0.2, 0.25) is 11.8 Å². The molecule has 1 aliphatic heterocycles. The van der Waals surface area contributed by atoms with Gasteiger partial charge in [-0.05, 0) is 48.7 Å². The third kappa shape index (κ3) is 3.87. The molecule has 2 aliphatic rings. The van der Waals surface area contributed by atoms with E-state index in [-0.39, 0.29) is 30.8 Å².